The van der Waals surface area contributed by atoms with Crippen LogP contribution in [-0.4, -0.2) is 26.0 Å². The molecule has 7 nitrogen and oxygen atoms in total. The van der Waals surface area contributed by atoms with Gasteiger partial charge in [-0.3, -0.25) is 4.79 Å². The first-order chi connectivity index (χ1) is 14.2. The van der Waals surface area contributed by atoms with Crippen LogP contribution in [0.5, 0.6) is 23.0 Å². The first-order valence-corrected chi connectivity index (χ1v) is 9.67. The van der Waals surface area contributed by atoms with Gasteiger partial charge in [-0.05, 0) is 53.4 Å². The summed E-state index contributed by atoms with van der Waals surface area (Å²) in [6.07, 6.45) is 1.54. The number of amides is 1. The van der Waals surface area contributed by atoms with E-state index >= 15 is 0 Å². The summed E-state index contributed by atoms with van der Waals surface area (Å²) in [5.74, 6) is 2.06. The Morgan fingerprint density at radius 1 is 1.17 bits per heavy atom. The summed E-state index contributed by atoms with van der Waals surface area (Å²) in [5, 5.41) is 6.02. The third-order valence-electron chi connectivity index (χ3n) is 4.15. The van der Waals surface area contributed by atoms with Crippen LogP contribution >= 0.6 is 11.3 Å². The summed E-state index contributed by atoms with van der Waals surface area (Å²) < 4.78 is 21.7. The van der Waals surface area contributed by atoms with E-state index in [9.17, 15) is 4.79 Å². The van der Waals surface area contributed by atoms with Crippen LogP contribution in [0.3, 0.4) is 0 Å². The second-order valence-electron chi connectivity index (χ2n) is 6.05. The SMILES string of the molecule is COc1cc(/C=N\NC(=O)c2ccc3c(c2)OCO3)ccc1OCc1cccs1. The molecule has 1 N–H and O–H groups in total. The second kappa shape index (κ2) is 8.66. The first-order valence-electron chi connectivity index (χ1n) is 8.79. The van der Waals surface area contributed by atoms with E-state index in [4.69, 9.17) is 18.9 Å². The normalized spacial score (nSPS) is 12.2. The van der Waals surface area contributed by atoms with Gasteiger partial charge < -0.3 is 18.9 Å². The van der Waals surface area contributed by atoms with E-state index in [2.05, 4.69) is 10.5 Å². The highest BCUT2D eigenvalue weighted by molar-refractivity contribution is 7.09. The lowest BCUT2D eigenvalue weighted by atomic mass is 10.2. The number of rotatable bonds is 7. The Bertz CT molecular complexity index is 1030. The van der Waals surface area contributed by atoms with E-state index in [0.29, 0.717) is 35.2 Å². The number of carbonyl (C=O) groups is 1. The molecule has 0 radical (unpaired) electrons. The summed E-state index contributed by atoms with van der Waals surface area (Å²) in [5.41, 5.74) is 3.69. The summed E-state index contributed by atoms with van der Waals surface area (Å²) in [6.45, 7) is 0.639. The minimum Gasteiger partial charge on any atom is -0.493 e. The third kappa shape index (κ3) is 4.49. The molecule has 1 amide bonds. The van der Waals surface area contributed by atoms with Crippen LogP contribution in [0.4, 0.5) is 0 Å². The van der Waals surface area contributed by atoms with Crippen molar-refractivity contribution in [3.63, 3.8) is 0 Å². The molecule has 2 aromatic carbocycles. The molecule has 8 heteroatoms. The molecule has 1 aromatic heterocycles. The molecule has 0 spiro atoms. The topological polar surface area (TPSA) is 78.4 Å². The van der Waals surface area contributed by atoms with Gasteiger partial charge in [0.2, 0.25) is 6.79 Å². The van der Waals surface area contributed by atoms with E-state index in [1.807, 2.05) is 29.6 Å². The van der Waals surface area contributed by atoms with Crippen molar-refractivity contribution in [2.75, 3.05) is 13.9 Å². The van der Waals surface area contributed by atoms with E-state index in [1.165, 1.54) is 6.21 Å². The molecule has 0 saturated carbocycles. The van der Waals surface area contributed by atoms with Crippen LogP contribution in [-0.2, 0) is 6.61 Å². The zero-order chi connectivity index (χ0) is 20.1. The molecule has 1 aliphatic rings. The number of nitrogens with one attached hydrogen (secondary N) is 1. The number of hydrogen-bond acceptors (Lipinski definition) is 7. The van der Waals surface area contributed by atoms with Crippen LogP contribution in [0.25, 0.3) is 0 Å². The lowest BCUT2D eigenvalue weighted by Crippen LogP contribution is -2.17. The van der Waals surface area contributed by atoms with Gasteiger partial charge in [-0.2, -0.15) is 5.10 Å². The molecule has 3 aromatic rings. The molecule has 0 fully saturated rings. The van der Waals surface area contributed by atoms with Crippen LogP contribution in [0.2, 0.25) is 0 Å². The summed E-state index contributed by atoms with van der Waals surface area (Å²) >= 11 is 1.64. The van der Waals surface area contributed by atoms with Crippen molar-refractivity contribution < 1.29 is 23.7 Å². The number of methoxy groups -OCH3 is 1. The second-order valence-corrected chi connectivity index (χ2v) is 7.08. The number of ether oxygens (including phenoxy) is 4. The highest BCUT2D eigenvalue weighted by Gasteiger charge is 2.15. The molecule has 148 valence electrons. The highest BCUT2D eigenvalue weighted by Crippen LogP contribution is 2.32. The van der Waals surface area contributed by atoms with E-state index in [1.54, 1.807) is 42.7 Å². The van der Waals surface area contributed by atoms with Crippen molar-refractivity contribution in [1.29, 1.82) is 0 Å². The fraction of sp³-hybridized carbons (Fsp3) is 0.143. The van der Waals surface area contributed by atoms with E-state index < -0.39 is 0 Å². The van der Waals surface area contributed by atoms with Crippen LogP contribution in [0, 0.1) is 0 Å². The predicted molar refractivity (Wildman–Crippen MR) is 109 cm³/mol. The van der Waals surface area contributed by atoms with Crippen molar-refractivity contribution in [1.82, 2.24) is 5.43 Å². The monoisotopic (exact) mass is 410 g/mol. The Balaban J connectivity index is 1.38. The highest BCUT2D eigenvalue weighted by atomic mass is 32.1. The van der Waals surface area contributed by atoms with Gasteiger partial charge in [0.05, 0.1) is 13.3 Å². The minimum atomic E-state index is -0.345. The Labute approximate surface area is 171 Å². The molecule has 2 heterocycles. The molecular formula is C21H18N2O5S. The van der Waals surface area contributed by atoms with Gasteiger partial charge >= 0.3 is 0 Å². The number of carbonyl (C=O) groups excluding carboxylic acids is 1. The molecule has 0 saturated heterocycles. The Kier molecular flexibility index (Phi) is 5.62. The van der Waals surface area contributed by atoms with E-state index in [-0.39, 0.29) is 12.7 Å². The smallest absolute Gasteiger partial charge is 0.271 e. The molecule has 0 atom stereocenters. The average molecular weight is 410 g/mol. The van der Waals surface area contributed by atoms with Gasteiger partial charge in [-0.25, -0.2) is 5.43 Å². The molecule has 0 unspecified atom stereocenters. The summed E-state index contributed by atoms with van der Waals surface area (Å²) in [7, 11) is 1.58. The largest absolute Gasteiger partial charge is 0.493 e. The van der Waals surface area contributed by atoms with Crippen molar-refractivity contribution in [3.05, 3.63) is 69.9 Å². The van der Waals surface area contributed by atoms with Gasteiger partial charge in [0.1, 0.15) is 6.61 Å². The van der Waals surface area contributed by atoms with Crippen molar-refractivity contribution in [2.45, 2.75) is 6.61 Å². The van der Waals surface area contributed by atoms with Gasteiger partial charge in [0.25, 0.3) is 5.91 Å². The van der Waals surface area contributed by atoms with Gasteiger partial charge in [0, 0.05) is 10.4 Å². The number of hydrazone groups is 1. The van der Waals surface area contributed by atoms with Crippen LogP contribution < -0.4 is 24.4 Å². The van der Waals surface area contributed by atoms with Gasteiger partial charge in [0.15, 0.2) is 23.0 Å². The zero-order valence-electron chi connectivity index (χ0n) is 15.6. The quantitative estimate of drug-likeness (QED) is 0.473. The fourth-order valence-electron chi connectivity index (χ4n) is 2.70. The molecule has 1 aliphatic heterocycles. The molecule has 4 rings (SSSR count). The van der Waals surface area contributed by atoms with Gasteiger partial charge in [-0.15, -0.1) is 11.3 Å². The predicted octanol–water partition coefficient (Wildman–Crippen LogP) is 3.83. The van der Waals surface area contributed by atoms with Crippen LogP contribution in [0.1, 0.15) is 20.8 Å². The fourth-order valence-corrected chi connectivity index (χ4v) is 3.31. The van der Waals surface area contributed by atoms with Crippen molar-refractivity contribution >= 4 is 23.5 Å². The lowest BCUT2D eigenvalue weighted by Gasteiger charge is -2.10. The maximum Gasteiger partial charge on any atom is 0.271 e. The number of nitrogens with zero attached hydrogens (tertiary/aromatic N) is 1. The van der Waals surface area contributed by atoms with Crippen molar-refractivity contribution in [3.8, 4) is 23.0 Å². The summed E-state index contributed by atoms with van der Waals surface area (Å²) in [6, 6.07) is 14.4. The number of hydrogen-bond donors (Lipinski definition) is 1. The number of benzene rings is 2. The Hall–Kier alpha value is -3.52. The minimum absolute atomic E-state index is 0.160. The Morgan fingerprint density at radius 3 is 2.90 bits per heavy atom. The summed E-state index contributed by atoms with van der Waals surface area (Å²) in [4.78, 5) is 13.4. The van der Waals surface area contributed by atoms with Gasteiger partial charge in [-0.1, -0.05) is 6.07 Å². The van der Waals surface area contributed by atoms with Crippen LogP contribution in [0.15, 0.2) is 59.0 Å². The maximum atomic E-state index is 12.2. The molecule has 29 heavy (non-hydrogen) atoms. The van der Waals surface area contributed by atoms with Crippen molar-refractivity contribution in [2.24, 2.45) is 5.10 Å². The van der Waals surface area contributed by atoms with E-state index in [0.717, 1.165) is 10.4 Å². The number of thiophene rings is 1. The zero-order valence-corrected chi connectivity index (χ0v) is 16.4. The third-order valence-corrected chi connectivity index (χ3v) is 5.00. The molecule has 0 bridgehead atoms. The maximum absolute atomic E-state index is 12.2. The standard InChI is InChI=1S/C21H18N2O5S/c1-25-19-9-14(4-6-17(19)26-12-16-3-2-8-29-16)11-22-23-21(24)15-5-7-18-20(10-15)28-13-27-18/h2-11H,12-13H2,1H3,(H,23,24)/b22-11-. The molecule has 0 aliphatic carbocycles. The average Bonchev–Trinajstić information content (AvgIpc) is 3.43. The first kappa shape index (κ1) is 18.8. The Morgan fingerprint density at radius 2 is 2.07 bits per heavy atom. The number of fused-ring (bicyclic) bond motifs is 1. The molecular weight excluding hydrogens is 392 g/mol. The lowest BCUT2D eigenvalue weighted by molar-refractivity contribution is 0.0954.